The highest BCUT2D eigenvalue weighted by atomic mass is 16.2. The molecule has 2 saturated heterocycles. The Hall–Kier alpha value is -4.94. The molecule has 6 rings (SSSR count). The minimum Gasteiger partial charge on any atom is -0.385 e. The molecule has 1 aromatic carbocycles. The molecule has 0 saturated carbocycles. The number of amides is 5. The number of hydrogen-bond donors (Lipinski definition) is 2. The number of carbonyl (C=O) groups excluding carboxylic acids is 5. The second kappa shape index (κ2) is 12.7. The Kier molecular flexibility index (Phi) is 8.44. The number of benzene rings is 1. The third-order valence-electron chi connectivity index (χ3n) is 8.45. The number of imide groups is 2. The van der Waals surface area contributed by atoms with Crippen LogP contribution in [0.5, 0.6) is 0 Å². The van der Waals surface area contributed by atoms with Crippen molar-refractivity contribution in [3.8, 4) is 11.4 Å². The van der Waals surface area contributed by atoms with Crippen molar-refractivity contribution in [1.29, 1.82) is 0 Å². The lowest BCUT2D eigenvalue weighted by atomic mass is 10.0. The minimum atomic E-state index is -0.981. The number of aromatic nitrogens is 4. The zero-order valence-electron chi connectivity index (χ0n) is 24.3. The average molecular weight is 599 g/mol. The smallest absolute Gasteiger partial charge is 0.262 e. The van der Waals surface area contributed by atoms with Gasteiger partial charge in [0.1, 0.15) is 6.04 Å². The van der Waals surface area contributed by atoms with Crippen molar-refractivity contribution in [2.24, 2.45) is 0 Å². The molecule has 2 N–H and O–H groups in total. The van der Waals surface area contributed by atoms with Crippen molar-refractivity contribution >= 4 is 35.2 Å². The first-order valence-electron chi connectivity index (χ1n) is 15.1. The molecule has 0 radical (unpaired) electrons. The molecular formula is C31H34N8O5. The zero-order chi connectivity index (χ0) is 30.6. The summed E-state index contributed by atoms with van der Waals surface area (Å²) in [6, 6.07) is 6.01. The van der Waals surface area contributed by atoms with Crippen molar-refractivity contribution in [3.05, 3.63) is 60.2 Å². The topological polar surface area (TPSA) is 159 Å². The number of anilines is 1. The summed E-state index contributed by atoms with van der Waals surface area (Å²) < 4.78 is 1.96. The number of piperidine rings is 2. The maximum atomic E-state index is 13.0. The predicted octanol–water partition coefficient (Wildman–Crippen LogP) is 2.58. The summed E-state index contributed by atoms with van der Waals surface area (Å²) in [6.07, 6.45) is 12.1. The van der Waals surface area contributed by atoms with Crippen LogP contribution in [0.1, 0.15) is 78.1 Å². The van der Waals surface area contributed by atoms with E-state index in [2.05, 4.69) is 25.7 Å². The number of likely N-dealkylation sites (tertiary alicyclic amines) is 1. The van der Waals surface area contributed by atoms with Crippen molar-refractivity contribution < 1.29 is 24.0 Å². The Morgan fingerprint density at radius 3 is 2.50 bits per heavy atom. The molecule has 1 unspecified atom stereocenters. The van der Waals surface area contributed by atoms with Gasteiger partial charge in [-0.1, -0.05) is 6.42 Å². The van der Waals surface area contributed by atoms with Gasteiger partial charge in [0, 0.05) is 56.8 Å². The van der Waals surface area contributed by atoms with Gasteiger partial charge in [-0.15, -0.1) is 0 Å². The van der Waals surface area contributed by atoms with Crippen LogP contribution >= 0.6 is 0 Å². The van der Waals surface area contributed by atoms with Crippen LogP contribution in [0.25, 0.3) is 11.4 Å². The van der Waals surface area contributed by atoms with E-state index in [1.165, 1.54) is 0 Å². The first-order chi connectivity index (χ1) is 21.4. The highest BCUT2D eigenvalue weighted by molar-refractivity contribution is 6.23. The van der Waals surface area contributed by atoms with Gasteiger partial charge in [-0.3, -0.25) is 38.9 Å². The lowest BCUT2D eigenvalue weighted by Gasteiger charge is -2.32. The molecule has 1 atom stereocenters. The highest BCUT2D eigenvalue weighted by Crippen LogP contribution is 2.30. The molecule has 13 heteroatoms. The fraction of sp³-hybridized carbons (Fsp3) is 0.419. The summed E-state index contributed by atoms with van der Waals surface area (Å²) in [7, 11) is 0. The second-order valence-corrected chi connectivity index (χ2v) is 11.3. The third-order valence-corrected chi connectivity index (χ3v) is 8.45. The molecule has 5 amide bonds. The molecule has 2 aromatic heterocycles. The van der Waals surface area contributed by atoms with Gasteiger partial charge < -0.3 is 10.2 Å². The van der Waals surface area contributed by atoms with E-state index in [0.717, 1.165) is 42.6 Å². The monoisotopic (exact) mass is 598 g/mol. The number of rotatable bonds is 10. The number of nitrogens with zero attached hydrogens (tertiary/aromatic N) is 6. The van der Waals surface area contributed by atoms with Gasteiger partial charge in [0.2, 0.25) is 17.7 Å². The zero-order valence-corrected chi connectivity index (χ0v) is 24.3. The van der Waals surface area contributed by atoms with E-state index in [0.29, 0.717) is 37.6 Å². The molecule has 5 heterocycles. The maximum absolute atomic E-state index is 13.0. The maximum Gasteiger partial charge on any atom is 0.262 e. The second-order valence-electron chi connectivity index (χ2n) is 11.3. The van der Waals surface area contributed by atoms with Gasteiger partial charge >= 0.3 is 0 Å². The van der Waals surface area contributed by atoms with Crippen LogP contribution in [-0.2, 0) is 14.4 Å². The van der Waals surface area contributed by atoms with E-state index in [-0.39, 0.29) is 35.9 Å². The molecule has 0 bridgehead atoms. The molecule has 3 aliphatic heterocycles. The lowest BCUT2D eigenvalue weighted by Crippen LogP contribution is -2.54. The Morgan fingerprint density at radius 2 is 1.73 bits per heavy atom. The Labute approximate surface area is 254 Å². The van der Waals surface area contributed by atoms with E-state index in [1.807, 2.05) is 15.8 Å². The van der Waals surface area contributed by atoms with Gasteiger partial charge in [0.25, 0.3) is 11.8 Å². The first-order valence-corrected chi connectivity index (χ1v) is 15.1. The Bertz CT molecular complexity index is 1580. The van der Waals surface area contributed by atoms with Gasteiger partial charge in [0.15, 0.2) is 5.82 Å². The van der Waals surface area contributed by atoms with Crippen LogP contribution < -0.4 is 10.6 Å². The van der Waals surface area contributed by atoms with Gasteiger partial charge in [-0.2, -0.15) is 5.10 Å². The minimum absolute atomic E-state index is 0.0829. The molecule has 44 heavy (non-hydrogen) atoms. The summed E-state index contributed by atoms with van der Waals surface area (Å²) in [4.78, 5) is 73.8. The van der Waals surface area contributed by atoms with E-state index in [4.69, 9.17) is 0 Å². The normalized spacial score (nSPS) is 18.9. The van der Waals surface area contributed by atoms with E-state index >= 15 is 0 Å². The van der Waals surface area contributed by atoms with Crippen LogP contribution in [0.2, 0.25) is 0 Å². The number of nitrogens with one attached hydrogen (secondary N) is 2. The number of unbranched alkanes of at least 4 members (excludes halogenated alkanes) is 2. The number of fused-ring (bicyclic) bond motifs is 1. The first kappa shape index (κ1) is 29.1. The third kappa shape index (κ3) is 6.08. The molecule has 228 valence electrons. The average Bonchev–Trinajstić information content (AvgIpc) is 3.63. The summed E-state index contributed by atoms with van der Waals surface area (Å²) in [5.74, 6) is -1.24. The Morgan fingerprint density at radius 1 is 0.955 bits per heavy atom. The fourth-order valence-corrected chi connectivity index (χ4v) is 6.03. The van der Waals surface area contributed by atoms with Crippen molar-refractivity contribution in [3.63, 3.8) is 0 Å². The van der Waals surface area contributed by atoms with E-state index in [1.54, 1.807) is 42.9 Å². The Balaban J connectivity index is 0.901. The van der Waals surface area contributed by atoms with Crippen molar-refractivity contribution in [1.82, 2.24) is 34.9 Å². The highest BCUT2D eigenvalue weighted by Gasteiger charge is 2.44. The fourth-order valence-electron chi connectivity index (χ4n) is 6.03. The summed E-state index contributed by atoms with van der Waals surface area (Å²) in [5, 5.41) is 9.99. The molecule has 13 nitrogen and oxygen atoms in total. The predicted molar refractivity (Wildman–Crippen MR) is 158 cm³/mol. The largest absolute Gasteiger partial charge is 0.385 e. The molecule has 0 aliphatic carbocycles. The van der Waals surface area contributed by atoms with Crippen molar-refractivity contribution in [2.45, 2.75) is 63.5 Å². The van der Waals surface area contributed by atoms with E-state index in [9.17, 15) is 24.0 Å². The van der Waals surface area contributed by atoms with Gasteiger partial charge in [0.05, 0.1) is 28.9 Å². The molecule has 3 aromatic rings. The SMILES string of the molecule is O=C1CCC(N2C(=O)c3ccc(NCCCCCC(=O)N4CCC(n5cc(-c6ncccn6)cn5)CC4)cc3C2=O)C(=O)N1. The molecule has 2 fully saturated rings. The van der Waals surface area contributed by atoms with Crippen LogP contribution in [0.4, 0.5) is 5.69 Å². The molecular weight excluding hydrogens is 564 g/mol. The van der Waals surface area contributed by atoms with Crippen LogP contribution in [0.15, 0.2) is 49.1 Å². The van der Waals surface area contributed by atoms with Crippen LogP contribution in [-0.4, -0.2) is 84.8 Å². The number of carbonyl (C=O) groups is 5. The van der Waals surface area contributed by atoms with Crippen molar-refractivity contribution in [2.75, 3.05) is 25.0 Å². The standard InChI is InChI=1S/C31H34N8O5/c40-26-9-8-25(29(42)36-26)39-30(43)23-7-6-21(17-24(23)31(39)44)32-12-3-1-2-5-27(41)37-15-10-22(11-16-37)38-19-20(18-35-38)28-33-13-4-14-34-28/h4,6-7,13-14,17-19,22,25,32H,1-3,5,8-12,15-16H2,(H,36,40,42). The quantitative estimate of drug-likeness (QED) is 0.264. The molecule has 0 spiro atoms. The van der Waals surface area contributed by atoms with E-state index < -0.39 is 29.7 Å². The summed E-state index contributed by atoms with van der Waals surface area (Å²) in [6.45, 7) is 2.07. The van der Waals surface area contributed by atoms with Crippen LogP contribution in [0.3, 0.4) is 0 Å². The van der Waals surface area contributed by atoms with Gasteiger partial charge in [-0.05, 0) is 56.4 Å². The van der Waals surface area contributed by atoms with Gasteiger partial charge in [-0.25, -0.2) is 9.97 Å². The lowest BCUT2D eigenvalue weighted by molar-refractivity contribution is -0.136. The molecule has 3 aliphatic rings. The summed E-state index contributed by atoms with van der Waals surface area (Å²) in [5.41, 5.74) is 2.09. The summed E-state index contributed by atoms with van der Waals surface area (Å²) >= 11 is 0. The number of hydrogen-bond acceptors (Lipinski definition) is 9. The van der Waals surface area contributed by atoms with Crippen LogP contribution in [0, 0.1) is 0 Å².